The van der Waals surface area contributed by atoms with Crippen molar-refractivity contribution in [2.45, 2.75) is 57.3 Å². The Morgan fingerprint density at radius 1 is 0.627 bits per heavy atom. The van der Waals surface area contributed by atoms with Crippen LogP contribution in [0.1, 0.15) is 79.3 Å². The summed E-state index contributed by atoms with van der Waals surface area (Å²) in [5, 5.41) is 4.64. The van der Waals surface area contributed by atoms with Crippen molar-refractivity contribution in [3.8, 4) is 22.3 Å². The highest BCUT2D eigenvalue weighted by Gasteiger charge is 2.35. The molecule has 1 nitrogen and oxygen atoms in total. The van der Waals surface area contributed by atoms with Crippen LogP contribution >= 0.6 is 0 Å². The molecule has 1 aliphatic carbocycles. The van der Waals surface area contributed by atoms with Crippen molar-refractivity contribution in [1.29, 1.82) is 0 Å². The number of benzene rings is 7. The van der Waals surface area contributed by atoms with Crippen LogP contribution in [0.3, 0.4) is 0 Å². The second-order valence-electron chi connectivity index (χ2n) is 14.7. The molecule has 51 heavy (non-hydrogen) atoms. The van der Waals surface area contributed by atoms with Gasteiger partial charge in [-0.25, -0.2) is 8.78 Å². The Hall–Kier alpha value is -5.41. The molecule has 0 saturated heterocycles. The number of hydrogen-bond donors (Lipinski definition) is 0. The summed E-state index contributed by atoms with van der Waals surface area (Å²) >= 11 is 0. The molecular weight excluding hydrogens is 629 g/mol. The van der Waals surface area contributed by atoms with E-state index in [-0.39, 0.29) is 23.3 Å². The van der Waals surface area contributed by atoms with E-state index in [9.17, 15) is 8.78 Å². The Morgan fingerprint density at radius 3 is 1.94 bits per heavy atom. The molecule has 7 aromatic rings. The molecule has 0 fully saturated rings. The van der Waals surface area contributed by atoms with Crippen molar-refractivity contribution in [3.63, 3.8) is 0 Å². The van der Waals surface area contributed by atoms with Gasteiger partial charge in [-0.3, -0.25) is 4.99 Å². The third kappa shape index (κ3) is 5.05. The number of halogens is 2. The minimum atomic E-state index is -2.84. The summed E-state index contributed by atoms with van der Waals surface area (Å²) < 4.78 is 29.3. The Bertz CT molecular complexity index is 2500. The fourth-order valence-electron chi connectivity index (χ4n) is 8.68. The quantitative estimate of drug-likeness (QED) is 0.162. The number of hydrogen-bond acceptors (Lipinski definition) is 1. The van der Waals surface area contributed by atoms with Crippen molar-refractivity contribution < 1.29 is 8.78 Å². The lowest BCUT2D eigenvalue weighted by Crippen LogP contribution is -2.14. The van der Waals surface area contributed by atoms with E-state index in [2.05, 4.69) is 129 Å². The topological polar surface area (TPSA) is 12.4 Å². The fourth-order valence-corrected chi connectivity index (χ4v) is 8.68. The first kappa shape index (κ1) is 31.6. The van der Waals surface area contributed by atoms with Gasteiger partial charge in [-0.2, -0.15) is 0 Å². The summed E-state index contributed by atoms with van der Waals surface area (Å²) in [5.41, 5.74) is 13.2. The lowest BCUT2D eigenvalue weighted by atomic mass is 9.81. The van der Waals surface area contributed by atoms with E-state index in [1.807, 2.05) is 12.1 Å². The molecule has 0 spiro atoms. The highest BCUT2D eigenvalue weighted by atomic mass is 19.3. The van der Waals surface area contributed by atoms with Crippen LogP contribution in [-0.4, -0.2) is 5.71 Å². The van der Waals surface area contributed by atoms with Crippen LogP contribution in [0.2, 0.25) is 0 Å². The molecular formula is C48H39F2N. The lowest BCUT2D eigenvalue weighted by molar-refractivity contribution is -0.00830. The minimum Gasteiger partial charge on any atom is -0.252 e. The third-order valence-corrected chi connectivity index (χ3v) is 11.5. The monoisotopic (exact) mass is 667 g/mol. The van der Waals surface area contributed by atoms with Gasteiger partial charge in [0.05, 0.1) is 5.69 Å². The van der Waals surface area contributed by atoms with Crippen LogP contribution in [0.5, 0.6) is 0 Å². The molecule has 1 atom stereocenters. The zero-order valence-electron chi connectivity index (χ0n) is 29.2. The summed E-state index contributed by atoms with van der Waals surface area (Å²) in [6.07, 6.45) is 1.36. The highest BCUT2D eigenvalue weighted by molar-refractivity contribution is 6.17. The van der Waals surface area contributed by atoms with E-state index in [1.165, 1.54) is 62.0 Å². The van der Waals surface area contributed by atoms with E-state index in [0.29, 0.717) is 0 Å². The maximum absolute atomic E-state index is 14.7. The van der Waals surface area contributed by atoms with Crippen molar-refractivity contribution in [2.24, 2.45) is 4.99 Å². The van der Waals surface area contributed by atoms with Crippen LogP contribution in [0.15, 0.2) is 145 Å². The Balaban J connectivity index is 1.14. The summed E-state index contributed by atoms with van der Waals surface area (Å²) in [6, 6.07) is 48.7. The molecule has 1 aliphatic heterocycles. The SMILES string of the molecule is CCC(F)(F)c1ccc(C2CCC(c3ccc(-c4ccc5c(c4)C(C)(C)c4ccccc4-5)cc3)=Nc3c2c2ccccc2c2ccccc32)cc1. The highest BCUT2D eigenvalue weighted by Crippen LogP contribution is 2.50. The molecule has 1 unspecified atom stereocenters. The van der Waals surface area contributed by atoms with Gasteiger partial charge in [0.15, 0.2) is 0 Å². The van der Waals surface area contributed by atoms with Crippen LogP contribution in [0.4, 0.5) is 14.5 Å². The summed E-state index contributed by atoms with van der Waals surface area (Å²) in [6.45, 7) is 6.17. The first-order valence-corrected chi connectivity index (χ1v) is 18.1. The van der Waals surface area contributed by atoms with Gasteiger partial charge >= 0.3 is 0 Å². The molecule has 7 aromatic carbocycles. The van der Waals surface area contributed by atoms with E-state index in [1.54, 1.807) is 12.1 Å². The maximum Gasteiger partial charge on any atom is 0.273 e. The molecule has 0 amide bonds. The molecule has 9 rings (SSSR count). The molecule has 0 saturated carbocycles. The second-order valence-corrected chi connectivity index (χ2v) is 14.7. The van der Waals surface area contributed by atoms with Gasteiger partial charge < -0.3 is 0 Å². The van der Waals surface area contributed by atoms with Crippen LogP contribution in [-0.2, 0) is 11.3 Å². The average molecular weight is 668 g/mol. The molecule has 0 bridgehead atoms. The lowest BCUT2D eigenvalue weighted by Gasteiger charge is -2.22. The van der Waals surface area contributed by atoms with E-state index in [4.69, 9.17) is 4.99 Å². The van der Waals surface area contributed by atoms with Gasteiger partial charge in [-0.15, -0.1) is 0 Å². The van der Waals surface area contributed by atoms with Gasteiger partial charge in [-0.1, -0.05) is 154 Å². The number of aliphatic imine (C=N–C) groups is 1. The summed E-state index contributed by atoms with van der Waals surface area (Å²) in [5.74, 6) is -2.84. The number of fused-ring (bicyclic) bond motifs is 9. The van der Waals surface area contributed by atoms with Crippen molar-refractivity contribution in [3.05, 3.63) is 173 Å². The third-order valence-electron chi connectivity index (χ3n) is 11.5. The first-order valence-electron chi connectivity index (χ1n) is 18.1. The van der Waals surface area contributed by atoms with Gasteiger partial charge in [0.1, 0.15) is 0 Å². The first-order chi connectivity index (χ1) is 24.7. The molecule has 3 heteroatoms. The summed E-state index contributed by atoms with van der Waals surface area (Å²) in [4.78, 5) is 5.52. The molecule has 250 valence electrons. The Labute approximate surface area is 298 Å². The van der Waals surface area contributed by atoms with Crippen molar-refractivity contribution in [1.82, 2.24) is 0 Å². The van der Waals surface area contributed by atoms with E-state index >= 15 is 0 Å². The van der Waals surface area contributed by atoms with Crippen LogP contribution in [0.25, 0.3) is 43.8 Å². The normalized spacial score (nSPS) is 16.3. The smallest absolute Gasteiger partial charge is 0.252 e. The largest absolute Gasteiger partial charge is 0.273 e. The Kier molecular flexibility index (Phi) is 7.33. The van der Waals surface area contributed by atoms with E-state index in [0.717, 1.165) is 40.8 Å². The molecule has 2 aliphatic rings. The molecule has 1 heterocycles. The molecule has 0 N–H and O–H groups in total. The Morgan fingerprint density at radius 2 is 1.22 bits per heavy atom. The average Bonchev–Trinajstić information content (AvgIpc) is 3.28. The predicted molar refractivity (Wildman–Crippen MR) is 209 cm³/mol. The van der Waals surface area contributed by atoms with Gasteiger partial charge in [0.25, 0.3) is 5.92 Å². The second kappa shape index (κ2) is 11.8. The number of rotatable bonds is 5. The maximum atomic E-state index is 14.7. The standard InChI is InChI=1S/C48H39F2N/c1-4-48(49,50)34-24-21-31(22-25-34)35-27-28-44(51-46-41-15-8-6-12-37(41)36-11-5-7-14-40(36)45(35)46)32-19-17-30(18-20-32)33-23-26-39-38-13-9-10-16-42(38)47(2,3)43(39)29-33/h5-26,29,35H,4,27-28H2,1-3H3. The zero-order chi connectivity index (χ0) is 34.9. The van der Waals surface area contributed by atoms with E-state index < -0.39 is 5.92 Å². The molecule has 0 radical (unpaired) electrons. The predicted octanol–water partition coefficient (Wildman–Crippen LogP) is 13.5. The zero-order valence-corrected chi connectivity index (χ0v) is 29.2. The van der Waals surface area contributed by atoms with Crippen molar-refractivity contribution >= 4 is 32.9 Å². The van der Waals surface area contributed by atoms with Gasteiger partial charge in [0.2, 0.25) is 0 Å². The van der Waals surface area contributed by atoms with Crippen molar-refractivity contribution in [2.75, 3.05) is 0 Å². The summed E-state index contributed by atoms with van der Waals surface area (Å²) in [7, 11) is 0. The molecule has 0 aromatic heterocycles. The number of alkyl halides is 2. The number of nitrogens with zero attached hydrogens (tertiary/aromatic N) is 1. The minimum absolute atomic E-state index is 0.00165. The van der Waals surface area contributed by atoms with Gasteiger partial charge in [0, 0.05) is 34.4 Å². The fraction of sp³-hybridized carbons (Fsp3) is 0.188. The van der Waals surface area contributed by atoms with Crippen LogP contribution in [0, 0.1) is 0 Å². The van der Waals surface area contributed by atoms with Gasteiger partial charge in [-0.05, 0) is 85.1 Å². The van der Waals surface area contributed by atoms with Crippen LogP contribution < -0.4 is 0 Å².